The highest BCUT2D eigenvalue weighted by atomic mass is 35.5. The Kier molecular flexibility index (Phi) is 7.44. The molecule has 142 valence electrons. The van der Waals surface area contributed by atoms with Crippen LogP contribution in [0.4, 0.5) is 0 Å². The molecule has 0 unspecified atom stereocenters. The minimum Gasteiger partial charge on any atom is -0.493 e. The topological polar surface area (TPSA) is 55.3 Å². The molecular formula is C19H23Cl3NO3+. The Hall–Kier alpha value is -1.17. The lowest BCUT2D eigenvalue weighted by Crippen LogP contribution is -2.95. The zero-order valence-electron chi connectivity index (χ0n) is 15.0. The predicted octanol–water partition coefficient (Wildman–Crippen LogP) is 4.07. The average Bonchev–Trinajstić information content (AvgIpc) is 2.60. The number of halogens is 3. The van der Waals surface area contributed by atoms with Gasteiger partial charge in [0.25, 0.3) is 0 Å². The monoisotopic (exact) mass is 418 g/mol. The van der Waals surface area contributed by atoms with Crippen molar-refractivity contribution in [2.45, 2.75) is 32.5 Å². The van der Waals surface area contributed by atoms with Gasteiger partial charge in [-0.1, -0.05) is 40.9 Å². The lowest BCUT2D eigenvalue weighted by atomic mass is 10.1. The third kappa shape index (κ3) is 5.66. The molecule has 0 fully saturated rings. The second kappa shape index (κ2) is 9.16. The van der Waals surface area contributed by atoms with E-state index in [1.54, 1.807) is 19.2 Å². The Morgan fingerprint density at radius 3 is 2.42 bits per heavy atom. The Morgan fingerprint density at radius 1 is 1.08 bits per heavy atom. The fourth-order valence-electron chi connectivity index (χ4n) is 2.28. The molecule has 0 heterocycles. The number of hydrogen-bond acceptors (Lipinski definition) is 3. The maximum absolute atomic E-state index is 9.37. The molecule has 0 aliphatic rings. The summed E-state index contributed by atoms with van der Waals surface area (Å²) in [4.78, 5) is 0. The molecule has 7 heteroatoms. The fraction of sp³-hybridized carbons (Fsp3) is 0.368. The van der Waals surface area contributed by atoms with E-state index in [1.165, 1.54) is 0 Å². The number of benzene rings is 2. The van der Waals surface area contributed by atoms with Crippen molar-refractivity contribution in [3.05, 3.63) is 56.5 Å². The average molecular weight is 420 g/mol. The molecule has 2 aromatic rings. The quantitative estimate of drug-likeness (QED) is 0.678. The maximum atomic E-state index is 9.37. The Bertz CT molecular complexity index is 766. The van der Waals surface area contributed by atoms with E-state index < -0.39 is 0 Å². The number of rotatable bonds is 8. The van der Waals surface area contributed by atoms with Gasteiger partial charge in [0.15, 0.2) is 11.5 Å². The molecule has 2 rings (SSSR count). The van der Waals surface area contributed by atoms with Crippen LogP contribution in [0.3, 0.4) is 0 Å². The number of hydrogen-bond donors (Lipinski definition) is 2. The predicted molar refractivity (Wildman–Crippen MR) is 106 cm³/mol. The third-order valence-electron chi connectivity index (χ3n) is 3.97. The highest BCUT2D eigenvalue weighted by Crippen LogP contribution is 2.37. The smallest absolute Gasteiger partial charge is 0.180 e. The van der Waals surface area contributed by atoms with E-state index in [1.807, 2.05) is 37.4 Å². The molecule has 0 atom stereocenters. The molecule has 0 bridgehead atoms. The van der Waals surface area contributed by atoms with Crippen molar-refractivity contribution in [3.8, 4) is 11.5 Å². The summed E-state index contributed by atoms with van der Waals surface area (Å²) >= 11 is 18.5. The zero-order chi connectivity index (χ0) is 19.3. The number of nitrogens with two attached hydrogens (primary N) is 1. The van der Waals surface area contributed by atoms with E-state index in [4.69, 9.17) is 44.3 Å². The van der Waals surface area contributed by atoms with E-state index in [2.05, 4.69) is 0 Å². The van der Waals surface area contributed by atoms with Crippen LogP contribution in [0.2, 0.25) is 15.1 Å². The van der Waals surface area contributed by atoms with E-state index >= 15 is 0 Å². The summed E-state index contributed by atoms with van der Waals surface area (Å²) in [5.41, 5.74) is 1.52. The van der Waals surface area contributed by atoms with Crippen molar-refractivity contribution in [1.82, 2.24) is 0 Å². The van der Waals surface area contributed by atoms with Crippen molar-refractivity contribution >= 4 is 34.8 Å². The van der Waals surface area contributed by atoms with Gasteiger partial charge in [-0.3, -0.25) is 0 Å². The number of ether oxygens (including phenoxy) is 2. The fourth-order valence-corrected chi connectivity index (χ4v) is 3.03. The lowest BCUT2D eigenvalue weighted by molar-refractivity contribution is -0.736. The van der Waals surface area contributed by atoms with Gasteiger partial charge in [-0.15, -0.1) is 0 Å². The molecule has 0 aliphatic heterocycles. The van der Waals surface area contributed by atoms with Crippen LogP contribution in [0.1, 0.15) is 25.0 Å². The summed E-state index contributed by atoms with van der Waals surface area (Å²) in [7, 11) is 1.57. The summed E-state index contributed by atoms with van der Waals surface area (Å²) in [6, 6.07) is 8.96. The Morgan fingerprint density at radius 2 is 1.81 bits per heavy atom. The first-order valence-corrected chi connectivity index (χ1v) is 9.27. The van der Waals surface area contributed by atoms with E-state index in [9.17, 15) is 5.11 Å². The molecular weight excluding hydrogens is 397 g/mol. The van der Waals surface area contributed by atoms with Gasteiger partial charge in [0.1, 0.15) is 18.7 Å². The molecule has 4 nitrogen and oxygen atoms in total. The van der Waals surface area contributed by atoms with Gasteiger partial charge < -0.3 is 19.9 Å². The minimum atomic E-state index is -0.264. The third-order valence-corrected chi connectivity index (χ3v) is 4.84. The second-order valence-corrected chi connectivity index (χ2v) is 7.94. The van der Waals surface area contributed by atoms with Gasteiger partial charge in [0, 0.05) is 21.2 Å². The van der Waals surface area contributed by atoms with Gasteiger partial charge in [0.05, 0.1) is 18.7 Å². The molecule has 0 amide bonds. The number of methoxy groups -OCH3 is 1. The van der Waals surface area contributed by atoms with Crippen molar-refractivity contribution in [2.75, 3.05) is 13.7 Å². The van der Waals surface area contributed by atoms with Crippen LogP contribution in [0.15, 0.2) is 30.3 Å². The molecule has 26 heavy (non-hydrogen) atoms. The zero-order valence-corrected chi connectivity index (χ0v) is 17.3. The Labute approximate surface area is 169 Å². The second-order valence-electron chi connectivity index (χ2n) is 6.69. The summed E-state index contributed by atoms with van der Waals surface area (Å²) in [5.74, 6) is 1.01. The van der Waals surface area contributed by atoms with Crippen molar-refractivity contribution in [2.24, 2.45) is 0 Å². The Balaban J connectivity index is 2.15. The summed E-state index contributed by atoms with van der Waals surface area (Å²) in [6.45, 7) is 4.93. The molecule has 0 saturated heterocycles. The molecule has 3 N–H and O–H groups in total. The molecule has 0 radical (unpaired) electrons. The van der Waals surface area contributed by atoms with Crippen LogP contribution < -0.4 is 14.8 Å². The molecule has 0 saturated carbocycles. The van der Waals surface area contributed by atoms with Crippen LogP contribution in [0, 0.1) is 0 Å². The number of aliphatic hydroxyl groups is 1. The van der Waals surface area contributed by atoms with Crippen LogP contribution in [0.25, 0.3) is 0 Å². The van der Waals surface area contributed by atoms with Gasteiger partial charge >= 0.3 is 0 Å². The van der Waals surface area contributed by atoms with Crippen LogP contribution in [0.5, 0.6) is 11.5 Å². The highest BCUT2D eigenvalue weighted by molar-refractivity contribution is 6.35. The van der Waals surface area contributed by atoms with Crippen LogP contribution in [-0.2, 0) is 13.2 Å². The standard InChI is InChI=1S/C19H22Cl3NO3/c1-19(2,11-24)23-9-12-6-16(22)18(17(7-12)25-3)26-10-13-4-5-14(20)8-15(13)21/h4-8,23-24H,9-11H2,1-3H3/p+1. The maximum Gasteiger partial charge on any atom is 0.180 e. The first-order valence-electron chi connectivity index (χ1n) is 8.14. The molecule has 2 aromatic carbocycles. The van der Waals surface area contributed by atoms with E-state index in [0.717, 1.165) is 11.1 Å². The van der Waals surface area contributed by atoms with E-state index in [-0.39, 0.29) is 18.8 Å². The lowest BCUT2D eigenvalue weighted by Gasteiger charge is -2.20. The number of quaternary nitrogens is 1. The molecule has 0 aromatic heterocycles. The molecule has 0 aliphatic carbocycles. The summed E-state index contributed by atoms with van der Waals surface area (Å²) in [5, 5.41) is 13.0. The first kappa shape index (κ1) is 21.1. The minimum absolute atomic E-state index is 0.0842. The van der Waals surface area contributed by atoms with Crippen LogP contribution in [-0.4, -0.2) is 24.4 Å². The normalized spacial score (nSPS) is 11.5. The van der Waals surface area contributed by atoms with Crippen LogP contribution >= 0.6 is 34.8 Å². The van der Waals surface area contributed by atoms with Crippen molar-refractivity contribution < 1.29 is 19.9 Å². The largest absolute Gasteiger partial charge is 0.493 e. The van der Waals surface area contributed by atoms with E-state index in [0.29, 0.717) is 33.1 Å². The van der Waals surface area contributed by atoms with Gasteiger partial charge in [-0.25, -0.2) is 0 Å². The summed E-state index contributed by atoms with van der Waals surface area (Å²) < 4.78 is 11.3. The van der Waals surface area contributed by atoms with Gasteiger partial charge in [0.2, 0.25) is 0 Å². The number of aliphatic hydroxyl groups excluding tert-OH is 1. The first-order chi connectivity index (χ1) is 12.3. The van der Waals surface area contributed by atoms with Gasteiger partial charge in [-0.2, -0.15) is 0 Å². The summed E-state index contributed by atoms with van der Waals surface area (Å²) in [6.07, 6.45) is 0. The van der Waals surface area contributed by atoms with Crippen molar-refractivity contribution in [3.63, 3.8) is 0 Å². The van der Waals surface area contributed by atoms with Crippen molar-refractivity contribution in [1.29, 1.82) is 0 Å². The highest BCUT2D eigenvalue weighted by Gasteiger charge is 2.20. The SMILES string of the molecule is COc1cc(C[NH2+]C(C)(C)CO)cc(Cl)c1OCc1ccc(Cl)cc1Cl. The molecule has 0 spiro atoms. The van der Waals surface area contributed by atoms with Gasteiger partial charge in [-0.05, 0) is 38.1 Å².